The molecular formula is C11H15ClO2. The van der Waals surface area contributed by atoms with Gasteiger partial charge in [-0.1, -0.05) is 19.1 Å². The molecule has 0 aliphatic carbocycles. The number of aliphatic hydroxyl groups excluding tert-OH is 1. The third-order valence-corrected chi connectivity index (χ3v) is 2.18. The quantitative estimate of drug-likeness (QED) is 0.764. The molecule has 1 atom stereocenters. The Bertz CT molecular complexity index is 258. The predicted molar refractivity (Wildman–Crippen MR) is 57.9 cm³/mol. The second-order valence-electron chi connectivity index (χ2n) is 3.09. The molecule has 3 heteroatoms. The van der Waals surface area contributed by atoms with Gasteiger partial charge in [-0.2, -0.15) is 0 Å². The van der Waals surface area contributed by atoms with E-state index >= 15 is 0 Å². The Labute approximate surface area is 89.5 Å². The first-order valence-corrected chi connectivity index (χ1v) is 5.28. The van der Waals surface area contributed by atoms with Crippen LogP contribution in [-0.4, -0.2) is 17.6 Å². The van der Waals surface area contributed by atoms with E-state index in [1.807, 2.05) is 24.3 Å². The zero-order valence-electron chi connectivity index (χ0n) is 8.24. The highest BCUT2D eigenvalue weighted by molar-refractivity contribution is 6.18. The summed E-state index contributed by atoms with van der Waals surface area (Å²) in [6.45, 7) is 2.78. The van der Waals surface area contributed by atoms with Gasteiger partial charge in [0.05, 0.1) is 18.6 Å². The van der Waals surface area contributed by atoms with Crippen LogP contribution in [0.5, 0.6) is 5.75 Å². The Hall–Kier alpha value is -0.730. The lowest BCUT2D eigenvalue weighted by molar-refractivity contribution is 0.202. The highest BCUT2D eigenvalue weighted by Gasteiger charge is 2.04. The van der Waals surface area contributed by atoms with Crippen LogP contribution in [0.25, 0.3) is 0 Å². The molecule has 1 N–H and O–H groups in total. The second-order valence-corrected chi connectivity index (χ2v) is 3.40. The maximum atomic E-state index is 9.42. The van der Waals surface area contributed by atoms with Crippen molar-refractivity contribution < 1.29 is 9.84 Å². The minimum atomic E-state index is -0.586. The summed E-state index contributed by atoms with van der Waals surface area (Å²) in [6, 6.07) is 7.36. The van der Waals surface area contributed by atoms with Gasteiger partial charge >= 0.3 is 0 Å². The second kappa shape index (κ2) is 5.89. The van der Waals surface area contributed by atoms with Crippen LogP contribution in [0.15, 0.2) is 24.3 Å². The molecule has 1 rings (SSSR count). The number of alkyl halides is 1. The lowest BCUT2D eigenvalue weighted by Crippen LogP contribution is -1.99. The van der Waals surface area contributed by atoms with Gasteiger partial charge in [-0.05, 0) is 24.1 Å². The normalized spacial score (nSPS) is 12.5. The number of rotatable bonds is 5. The van der Waals surface area contributed by atoms with Crippen LogP contribution in [0.2, 0.25) is 0 Å². The van der Waals surface area contributed by atoms with Crippen LogP contribution in [0.3, 0.4) is 0 Å². The van der Waals surface area contributed by atoms with Crippen molar-refractivity contribution >= 4 is 11.6 Å². The fraction of sp³-hybridized carbons (Fsp3) is 0.455. The molecule has 0 aliphatic heterocycles. The summed E-state index contributed by atoms with van der Waals surface area (Å²) in [4.78, 5) is 0. The van der Waals surface area contributed by atoms with E-state index in [9.17, 15) is 5.11 Å². The van der Waals surface area contributed by atoms with Crippen molar-refractivity contribution in [1.29, 1.82) is 0 Å². The summed E-state index contributed by atoms with van der Waals surface area (Å²) in [6.07, 6.45) is 0.406. The molecule has 0 aromatic heterocycles. The molecule has 0 saturated carbocycles. The first-order chi connectivity index (χ1) is 6.77. The van der Waals surface area contributed by atoms with Crippen LogP contribution in [-0.2, 0) is 0 Å². The van der Waals surface area contributed by atoms with E-state index in [0.717, 1.165) is 24.3 Å². The number of aliphatic hydroxyl groups is 1. The van der Waals surface area contributed by atoms with Crippen LogP contribution in [0.4, 0.5) is 0 Å². The van der Waals surface area contributed by atoms with Crippen molar-refractivity contribution in [3.05, 3.63) is 29.8 Å². The topological polar surface area (TPSA) is 29.5 Å². The maximum absolute atomic E-state index is 9.42. The van der Waals surface area contributed by atoms with E-state index in [4.69, 9.17) is 16.3 Å². The number of benzene rings is 1. The minimum Gasteiger partial charge on any atom is -0.494 e. The average molecular weight is 215 g/mol. The van der Waals surface area contributed by atoms with Gasteiger partial charge in [-0.15, -0.1) is 11.6 Å². The Balaban J connectivity index is 2.59. The smallest absolute Gasteiger partial charge is 0.119 e. The maximum Gasteiger partial charge on any atom is 0.119 e. The van der Waals surface area contributed by atoms with E-state index in [2.05, 4.69) is 6.92 Å². The molecule has 0 spiro atoms. The van der Waals surface area contributed by atoms with Crippen LogP contribution < -0.4 is 4.74 Å². The van der Waals surface area contributed by atoms with Crippen molar-refractivity contribution in [2.24, 2.45) is 0 Å². The first-order valence-electron chi connectivity index (χ1n) is 4.74. The number of halogens is 1. The highest BCUT2D eigenvalue weighted by atomic mass is 35.5. The number of ether oxygens (including phenoxy) is 1. The van der Waals surface area contributed by atoms with Gasteiger partial charge < -0.3 is 9.84 Å². The molecule has 0 radical (unpaired) electrons. The lowest BCUT2D eigenvalue weighted by Gasteiger charge is -2.08. The largest absolute Gasteiger partial charge is 0.494 e. The molecule has 14 heavy (non-hydrogen) atoms. The average Bonchev–Trinajstić information content (AvgIpc) is 2.26. The SMILES string of the molecule is CCCOc1ccc(C(O)CCl)cc1. The Kier molecular flexibility index (Phi) is 4.77. The molecule has 1 aromatic carbocycles. The van der Waals surface area contributed by atoms with Gasteiger partial charge in [0.1, 0.15) is 5.75 Å². The predicted octanol–water partition coefficient (Wildman–Crippen LogP) is 2.75. The van der Waals surface area contributed by atoms with Crippen molar-refractivity contribution in [2.45, 2.75) is 19.4 Å². The molecule has 0 heterocycles. The summed E-state index contributed by atoms with van der Waals surface area (Å²) in [7, 11) is 0. The lowest BCUT2D eigenvalue weighted by atomic mass is 10.1. The third-order valence-electron chi connectivity index (χ3n) is 1.88. The van der Waals surface area contributed by atoms with Crippen molar-refractivity contribution in [1.82, 2.24) is 0 Å². The summed E-state index contributed by atoms with van der Waals surface area (Å²) in [5.74, 6) is 1.05. The van der Waals surface area contributed by atoms with E-state index in [0.29, 0.717) is 0 Å². The van der Waals surface area contributed by atoms with Crippen LogP contribution in [0, 0.1) is 0 Å². The molecule has 0 saturated heterocycles. The molecular weight excluding hydrogens is 200 g/mol. The van der Waals surface area contributed by atoms with E-state index in [1.54, 1.807) is 0 Å². The van der Waals surface area contributed by atoms with Gasteiger partial charge in [0.2, 0.25) is 0 Å². The van der Waals surface area contributed by atoms with Gasteiger partial charge in [-0.3, -0.25) is 0 Å². The monoisotopic (exact) mass is 214 g/mol. The van der Waals surface area contributed by atoms with Crippen molar-refractivity contribution in [3.63, 3.8) is 0 Å². The van der Waals surface area contributed by atoms with Gasteiger partial charge in [-0.25, -0.2) is 0 Å². The zero-order valence-corrected chi connectivity index (χ0v) is 9.00. The van der Waals surface area contributed by atoms with E-state index in [-0.39, 0.29) is 5.88 Å². The zero-order chi connectivity index (χ0) is 10.4. The molecule has 78 valence electrons. The molecule has 0 amide bonds. The molecule has 0 aliphatic rings. The van der Waals surface area contributed by atoms with Gasteiger partial charge in [0.15, 0.2) is 0 Å². The fourth-order valence-corrected chi connectivity index (χ4v) is 1.27. The molecule has 0 fully saturated rings. The molecule has 1 unspecified atom stereocenters. The fourth-order valence-electron chi connectivity index (χ4n) is 1.10. The minimum absolute atomic E-state index is 0.217. The number of hydrogen-bond acceptors (Lipinski definition) is 2. The molecule has 2 nitrogen and oxygen atoms in total. The standard InChI is InChI=1S/C11H15ClO2/c1-2-7-14-10-5-3-9(4-6-10)11(13)8-12/h3-6,11,13H,2,7-8H2,1H3. The summed E-state index contributed by atoms with van der Waals surface area (Å²) < 4.78 is 5.41. The Morgan fingerprint density at radius 3 is 2.50 bits per heavy atom. The molecule has 1 aromatic rings. The molecule has 0 bridgehead atoms. The summed E-state index contributed by atoms with van der Waals surface area (Å²) in [5, 5.41) is 9.42. The summed E-state index contributed by atoms with van der Waals surface area (Å²) in [5.41, 5.74) is 0.823. The van der Waals surface area contributed by atoms with Crippen molar-refractivity contribution in [2.75, 3.05) is 12.5 Å². The number of hydrogen-bond donors (Lipinski definition) is 1. The van der Waals surface area contributed by atoms with E-state index < -0.39 is 6.10 Å². The Morgan fingerprint density at radius 1 is 1.36 bits per heavy atom. The van der Waals surface area contributed by atoms with Crippen LogP contribution in [0.1, 0.15) is 25.0 Å². The summed E-state index contributed by atoms with van der Waals surface area (Å²) >= 11 is 5.53. The Morgan fingerprint density at radius 2 is 2.00 bits per heavy atom. The van der Waals surface area contributed by atoms with Crippen LogP contribution >= 0.6 is 11.6 Å². The van der Waals surface area contributed by atoms with E-state index in [1.165, 1.54) is 0 Å². The highest BCUT2D eigenvalue weighted by Crippen LogP contribution is 2.18. The van der Waals surface area contributed by atoms with Gasteiger partial charge in [0, 0.05) is 0 Å². The third kappa shape index (κ3) is 3.20. The van der Waals surface area contributed by atoms with Gasteiger partial charge in [0.25, 0.3) is 0 Å². The van der Waals surface area contributed by atoms with Crippen molar-refractivity contribution in [3.8, 4) is 5.75 Å². The first kappa shape index (κ1) is 11.3.